The lowest BCUT2D eigenvalue weighted by atomic mass is 9.85. The lowest BCUT2D eigenvalue weighted by Crippen LogP contribution is -2.41. The molecule has 4 nitrogen and oxygen atoms in total. The molecule has 1 aromatic rings. The second-order valence-electron chi connectivity index (χ2n) is 6.37. The number of hydrogen-bond acceptors (Lipinski definition) is 2. The first-order valence-electron chi connectivity index (χ1n) is 7.09. The van der Waals surface area contributed by atoms with Crippen LogP contribution in [0, 0.1) is 5.92 Å². The molecule has 1 aliphatic carbocycles. The van der Waals surface area contributed by atoms with Crippen molar-refractivity contribution in [3.8, 4) is 0 Å². The molecule has 2 rings (SSSR count). The minimum absolute atomic E-state index is 0.0206. The summed E-state index contributed by atoms with van der Waals surface area (Å²) in [6, 6.07) is 7.13. The van der Waals surface area contributed by atoms with Crippen LogP contribution in [0.3, 0.4) is 0 Å². The van der Waals surface area contributed by atoms with Gasteiger partial charge in [0.2, 0.25) is 5.91 Å². The number of rotatable bonds is 3. The number of amides is 2. The molecule has 0 aromatic heterocycles. The van der Waals surface area contributed by atoms with Crippen LogP contribution >= 0.6 is 0 Å². The van der Waals surface area contributed by atoms with Gasteiger partial charge in [-0.15, -0.1) is 0 Å². The van der Waals surface area contributed by atoms with Gasteiger partial charge in [0.15, 0.2) is 0 Å². The average Bonchev–Trinajstić information content (AvgIpc) is 2.24. The Balaban J connectivity index is 2.13. The van der Waals surface area contributed by atoms with Crippen LogP contribution in [0.5, 0.6) is 0 Å². The van der Waals surface area contributed by atoms with Gasteiger partial charge in [-0.2, -0.15) is 0 Å². The van der Waals surface area contributed by atoms with Gasteiger partial charge in [-0.05, 0) is 45.7 Å². The molecule has 0 unspecified atom stereocenters. The number of anilines is 1. The summed E-state index contributed by atoms with van der Waals surface area (Å²) in [7, 11) is 0. The molecule has 0 radical (unpaired) electrons. The topological polar surface area (TPSA) is 58.2 Å². The summed E-state index contributed by atoms with van der Waals surface area (Å²) in [5, 5.41) is 5.80. The first-order valence-corrected chi connectivity index (χ1v) is 7.09. The molecule has 0 heterocycles. The second kappa shape index (κ2) is 5.65. The molecule has 1 aromatic carbocycles. The monoisotopic (exact) mass is 274 g/mol. The summed E-state index contributed by atoms with van der Waals surface area (Å²) >= 11 is 0. The second-order valence-corrected chi connectivity index (χ2v) is 6.37. The Morgan fingerprint density at radius 3 is 2.35 bits per heavy atom. The van der Waals surface area contributed by atoms with Crippen molar-refractivity contribution in [3.63, 3.8) is 0 Å². The highest BCUT2D eigenvalue weighted by Gasteiger charge is 2.26. The van der Waals surface area contributed by atoms with Crippen molar-refractivity contribution in [3.05, 3.63) is 29.8 Å². The molecule has 1 saturated carbocycles. The molecule has 108 valence electrons. The number of carbonyl (C=O) groups is 2. The van der Waals surface area contributed by atoms with Crippen LogP contribution in [0.1, 0.15) is 50.4 Å². The van der Waals surface area contributed by atoms with Crippen molar-refractivity contribution in [1.29, 1.82) is 0 Å². The molecule has 0 aliphatic heterocycles. The van der Waals surface area contributed by atoms with Crippen LogP contribution in [0.15, 0.2) is 24.3 Å². The van der Waals surface area contributed by atoms with E-state index in [1.54, 1.807) is 18.2 Å². The number of para-hydroxylation sites is 1. The van der Waals surface area contributed by atoms with Crippen molar-refractivity contribution in [1.82, 2.24) is 5.32 Å². The van der Waals surface area contributed by atoms with E-state index in [4.69, 9.17) is 0 Å². The molecule has 0 atom stereocenters. The van der Waals surface area contributed by atoms with Crippen LogP contribution < -0.4 is 10.6 Å². The third-order valence-electron chi connectivity index (χ3n) is 3.39. The zero-order valence-electron chi connectivity index (χ0n) is 12.3. The van der Waals surface area contributed by atoms with Crippen molar-refractivity contribution in [2.75, 3.05) is 5.32 Å². The highest BCUT2D eigenvalue weighted by atomic mass is 16.2. The van der Waals surface area contributed by atoms with E-state index < -0.39 is 0 Å². The molecule has 1 fully saturated rings. The maximum Gasteiger partial charge on any atom is 0.253 e. The maximum absolute atomic E-state index is 12.3. The van der Waals surface area contributed by atoms with Gasteiger partial charge in [0.05, 0.1) is 11.3 Å². The summed E-state index contributed by atoms with van der Waals surface area (Å²) in [5.74, 6) is -0.0389. The Bertz CT molecular complexity index is 513. The summed E-state index contributed by atoms with van der Waals surface area (Å²) in [4.78, 5) is 24.3. The Morgan fingerprint density at radius 1 is 1.15 bits per heavy atom. The minimum Gasteiger partial charge on any atom is -0.347 e. The number of carbonyl (C=O) groups excluding carboxylic acids is 2. The van der Waals surface area contributed by atoms with E-state index in [0.29, 0.717) is 11.3 Å². The van der Waals surface area contributed by atoms with Crippen molar-refractivity contribution in [2.45, 2.75) is 45.6 Å². The quantitative estimate of drug-likeness (QED) is 0.890. The fourth-order valence-electron chi connectivity index (χ4n) is 2.10. The van der Waals surface area contributed by atoms with Gasteiger partial charge in [-0.25, -0.2) is 0 Å². The van der Waals surface area contributed by atoms with E-state index >= 15 is 0 Å². The fraction of sp³-hybridized carbons (Fsp3) is 0.500. The predicted molar refractivity (Wildman–Crippen MR) is 79.6 cm³/mol. The van der Waals surface area contributed by atoms with Crippen molar-refractivity contribution in [2.24, 2.45) is 5.92 Å². The summed E-state index contributed by atoms with van der Waals surface area (Å²) < 4.78 is 0. The lowest BCUT2D eigenvalue weighted by Gasteiger charge is -2.25. The zero-order valence-corrected chi connectivity index (χ0v) is 12.3. The highest BCUT2D eigenvalue weighted by Crippen LogP contribution is 2.28. The van der Waals surface area contributed by atoms with Crippen LogP contribution in [0.2, 0.25) is 0 Å². The van der Waals surface area contributed by atoms with Gasteiger partial charge in [0.25, 0.3) is 5.91 Å². The van der Waals surface area contributed by atoms with Crippen molar-refractivity contribution >= 4 is 17.5 Å². The Morgan fingerprint density at radius 2 is 1.80 bits per heavy atom. The third kappa shape index (κ3) is 3.59. The molecule has 1 aliphatic rings. The standard InChI is InChI=1S/C16H22N2O2/c1-16(2,3)18-15(20)12-9-4-5-10-13(12)17-14(19)11-7-6-8-11/h4-5,9-11H,6-8H2,1-3H3,(H,17,19)(H,18,20). The van der Waals surface area contributed by atoms with Gasteiger partial charge in [-0.3, -0.25) is 9.59 Å². The minimum atomic E-state index is -0.303. The molecule has 0 spiro atoms. The molecule has 2 amide bonds. The van der Waals surface area contributed by atoms with E-state index in [1.165, 1.54) is 0 Å². The molecule has 2 N–H and O–H groups in total. The van der Waals surface area contributed by atoms with Crippen LogP contribution in [-0.4, -0.2) is 17.4 Å². The molecule has 0 bridgehead atoms. The molecule has 4 heteroatoms. The largest absolute Gasteiger partial charge is 0.347 e. The summed E-state index contributed by atoms with van der Waals surface area (Å²) in [6.45, 7) is 5.79. The van der Waals surface area contributed by atoms with Gasteiger partial charge < -0.3 is 10.6 Å². The van der Waals surface area contributed by atoms with E-state index in [9.17, 15) is 9.59 Å². The molecular weight excluding hydrogens is 252 g/mol. The van der Waals surface area contributed by atoms with E-state index in [2.05, 4.69) is 10.6 Å². The predicted octanol–water partition coefficient (Wildman–Crippen LogP) is 2.95. The lowest BCUT2D eigenvalue weighted by molar-refractivity contribution is -0.122. The van der Waals surface area contributed by atoms with E-state index in [-0.39, 0.29) is 23.3 Å². The summed E-state index contributed by atoms with van der Waals surface area (Å²) in [6.07, 6.45) is 3.01. The van der Waals surface area contributed by atoms with Crippen LogP contribution in [-0.2, 0) is 4.79 Å². The van der Waals surface area contributed by atoms with Gasteiger partial charge >= 0.3 is 0 Å². The third-order valence-corrected chi connectivity index (χ3v) is 3.39. The first-order chi connectivity index (χ1) is 9.37. The fourth-order valence-corrected chi connectivity index (χ4v) is 2.10. The SMILES string of the molecule is CC(C)(C)NC(=O)c1ccccc1NC(=O)C1CCC1. The van der Waals surface area contributed by atoms with Gasteiger partial charge in [0.1, 0.15) is 0 Å². The number of hydrogen-bond donors (Lipinski definition) is 2. The van der Waals surface area contributed by atoms with Crippen LogP contribution in [0.25, 0.3) is 0 Å². The molecular formula is C16H22N2O2. The first kappa shape index (κ1) is 14.6. The van der Waals surface area contributed by atoms with Gasteiger partial charge in [0, 0.05) is 11.5 Å². The van der Waals surface area contributed by atoms with Crippen LogP contribution in [0.4, 0.5) is 5.69 Å². The maximum atomic E-state index is 12.3. The Labute approximate surface area is 119 Å². The Kier molecular flexibility index (Phi) is 4.12. The smallest absolute Gasteiger partial charge is 0.253 e. The Hall–Kier alpha value is -1.84. The average molecular weight is 274 g/mol. The zero-order chi connectivity index (χ0) is 14.8. The van der Waals surface area contributed by atoms with E-state index in [0.717, 1.165) is 19.3 Å². The van der Waals surface area contributed by atoms with E-state index in [1.807, 2.05) is 26.8 Å². The van der Waals surface area contributed by atoms with Gasteiger partial charge in [-0.1, -0.05) is 18.6 Å². The molecule has 20 heavy (non-hydrogen) atoms. The normalized spacial score (nSPS) is 15.3. The summed E-state index contributed by atoms with van der Waals surface area (Å²) in [5.41, 5.74) is 0.795. The molecule has 0 saturated heterocycles. The van der Waals surface area contributed by atoms with Crippen molar-refractivity contribution < 1.29 is 9.59 Å². The number of nitrogens with one attached hydrogen (secondary N) is 2. The number of benzene rings is 1. The highest BCUT2D eigenvalue weighted by molar-refractivity contribution is 6.04.